The Bertz CT molecular complexity index is 460. The number of nitrogens with two attached hydrogens (primary N) is 1. The van der Waals surface area contributed by atoms with Gasteiger partial charge in [-0.25, -0.2) is 4.98 Å². The standard InChI is InChI=1S/C14H22N4OS/c1-11(13(15)20)18-8-6-17(7-9-18)10-12-4-3-5-16-14(12)19-2/h3-5,11H,6-10H2,1-2H3,(H2,15,20). The van der Waals surface area contributed by atoms with Gasteiger partial charge in [0, 0.05) is 44.5 Å². The van der Waals surface area contributed by atoms with Gasteiger partial charge in [0.2, 0.25) is 5.88 Å². The van der Waals surface area contributed by atoms with Crippen molar-refractivity contribution in [3.05, 3.63) is 23.9 Å². The van der Waals surface area contributed by atoms with Crippen molar-refractivity contribution in [3.63, 3.8) is 0 Å². The number of aromatic nitrogens is 1. The van der Waals surface area contributed by atoms with Crippen molar-refractivity contribution in [1.29, 1.82) is 0 Å². The number of piperazine rings is 1. The lowest BCUT2D eigenvalue weighted by Crippen LogP contribution is -2.52. The Kier molecular flexibility index (Phi) is 5.28. The smallest absolute Gasteiger partial charge is 0.217 e. The van der Waals surface area contributed by atoms with Crippen LogP contribution >= 0.6 is 12.2 Å². The number of thiocarbonyl (C=S) groups is 1. The van der Waals surface area contributed by atoms with Gasteiger partial charge in [0.05, 0.1) is 18.1 Å². The quantitative estimate of drug-likeness (QED) is 0.814. The third-order valence-electron chi connectivity index (χ3n) is 3.80. The highest BCUT2D eigenvalue weighted by Crippen LogP contribution is 2.17. The Morgan fingerprint density at radius 2 is 2.15 bits per heavy atom. The minimum absolute atomic E-state index is 0.181. The number of methoxy groups -OCH3 is 1. The van der Waals surface area contributed by atoms with E-state index in [1.807, 2.05) is 6.07 Å². The number of ether oxygens (including phenoxy) is 1. The zero-order chi connectivity index (χ0) is 14.5. The van der Waals surface area contributed by atoms with Crippen LogP contribution in [0.4, 0.5) is 0 Å². The molecule has 0 radical (unpaired) electrons. The molecule has 1 saturated heterocycles. The van der Waals surface area contributed by atoms with E-state index in [-0.39, 0.29) is 6.04 Å². The van der Waals surface area contributed by atoms with Crippen LogP contribution in [-0.2, 0) is 6.54 Å². The van der Waals surface area contributed by atoms with Crippen molar-refractivity contribution >= 4 is 17.2 Å². The van der Waals surface area contributed by atoms with Gasteiger partial charge in [0.15, 0.2) is 0 Å². The van der Waals surface area contributed by atoms with E-state index in [1.54, 1.807) is 13.3 Å². The van der Waals surface area contributed by atoms with Crippen LogP contribution in [0.3, 0.4) is 0 Å². The fourth-order valence-electron chi connectivity index (χ4n) is 2.46. The molecule has 0 amide bonds. The first-order chi connectivity index (χ1) is 9.61. The second kappa shape index (κ2) is 6.97. The molecule has 1 aromatic rings. The number of hydrogen-bond donors (Lipinski definition) is 1. The zero-order valence-electron chi connectivity index (χ0n) is 12.1. The molecule has 1 aliphatic heterocycles. The van der Waals surface area contributed by atoms with Gasteiger partial charge >= 0.3 is 0 Å². The maximum Gasteiger partial charge on any atom is 0.217 e. The predicted molar refractivity (Wildman–Crippen MR) is 83.9 cm³/mol. The third-order valence-corrected chi connectivity index (χ3v) is 4.14. The topological polar surface area (TPSA) is 54.6 Å². The fourth-order valence-corrected chi connectivity index (χ4v) is 2.61. The monoisotopic (exact) mass is 294 g/mol. The molecule has 6 heteroatoms. The van der Waals surface area contributed by atoms with Gasteiger partial charge in [-0.3, -0.25) is 9.80 Å². The molecule has 1 unspecified atom stereocenters. The molecule has 0 aliphatic carbocycles. The lowest BCUT2D eigenvalue weighted by molar-refractivity contribution is 0.117. The summed E-state index contributed by atoms with van der Waals surface area (Å²) in [6.07, 6.45) is 1.75. The third kappa shape index (κ3) is 3.65. The highest BCUT2D eigenvalue weighted by molar-refractivity contribution is 7.80. The molecule has 0 saturated carbocycles. The largest absolute Gasteiger partial charge is 0.481 e. The second-order valence-electron chi connectivity index (χ2n) is 5.06. The molecule has 2 N–H and O–H groups in total. The summed E-state index contributed by atoms with van der Waals surface area (Å²) in [7, 11) is 1.66. The van der Waals surface area contributed by atoms with Crippen molar-refractivity contribution in [1.82, 2.24) is 14.8 Å². The summed E-state index contributed by atoms with van der Waals surface area (Å²) in [5.41, 5.74) is 6.84. The normalized spacial score (nSPS) is 18.7. The van der Waals surface area contributed by atoms with Gasteiger partial charge in [-0.2, -0.15) is 0 Å². The Morgan fingerprint density at radius 3 is 2.75 bits per heavy atom. The van der Waals surface area contributed by atoms with Crippen LogP contribution < -0.4 is 10.5 Å². The first kappa shape index (κ1) is 15.2. The van der Waals surface area contributed by atoms with Crippen LogP contribution in [0.25, 0.3) is 0 Å². The minimum Gasteiger partial charge on any atom is -0.481 e. The predicted octanol–water partition coefficient (Wildman–Crippen LogP) is 0.882. The number of hydrogen-bond acceptors (Lipinski definition) is 5. The molecule has 0 spiro atoms. The van der Waals surface area contributed by atoms with E-state index in [9.17, 15) is 0 Å². The zero-order valence-corrected chi connectivity index (χ0v) is 12.9. The first-order valence-corrected chi connectivity index (χ1v) is 7.26. The van der Waals surface area contributed by atoms with E-state index in [1.165, 1.54) is 0 Å². The number of nitrogens with zero attached hydrogens (tertiary/aromatic N) is 3. The van der Waals surface area contributed by atoms with Crippen LogP contribution in [0.15, 0.2) is 18.3 Å². The van der Waals surface area contributed by atoms with Crippen molar-refractivity contribution in [2.24, 2.45) is 5.73 Å². The number of rotatable bonds is 5. The highest BCUT2D eigenvalue weighted by atomic mass is 32.1. The maximum absolute atomic E-state index is 5.71. The maximum atomic E-state index is 5.71. The molecule has 5 nitrogen and oxygen atoms in total. The molecule has 1 aromatic heterocycles. The molecule has 1 atom stereocenters. The molecule has 0 aromatic carbocycles. The van der Waals surface area contributed by atoms with E-state index in [2.05, 4.69) is 27.8 Å². The van der Waals surface area contributed by atoms with Gasteiger partial charge in [0.1, 0.15) is 0 Å². The van der Waals surface area contributed by atoms with Crippen LogP contribution in [0.1, 0.15) is 12.5 Å². The molecule has 0 bridgehead atoms. The highest BCUT2D eigenvalue weighted by Gasteiger charge is 2.22. The lowest BCUT2D eigenvalue weighted by atomic mass is 10.2. The summed E-state index contributed by atoms with van der Waals surface area (Å²) in [6.45, 7) is 6.92. The summed E-state index contributed by atoms with van der Waals surface area (Å²) < 4.78 is 5.30. The van der Waals surface area contributed by atoms with Crippen LogP contribution in [0.2, 0.25) is 0 Å². The summed E-state index contributed by atoms with van der Waals surface area (Å²) in [5.74, 6) is 0.714. The van der Waals surface area contributed by atoms with Crippen LogP contribution in [0, 0.1) is 0 Å². The van der Waals surface area contributed by atoms with Crippen molar-refractivity contribution in [2.75, 3.05) is 33.3 Å². The molecule has 1 fully saturated rings. The van der Waals surface area contributed by atoms with Crippen molar-refractivity contribution in [3.8, 4) is 5.88 Å². The van der Waals surface area contributed by atoms with Gasteiger partial charge in [-0.05, 0) is 13.0 Å². The van der Waals surface area contributed by atoms with Gasteiger partial charge < -0.3 is 10.5 Å². The Morgan fingerprint density at radius 1 is 1.45 bits per heavy atom. The summed E-state index contributed by atoms with van der Waals surface area (Å²) in [5, 5.41) is 0. The van der Waals surface area contributed by atoms with Crippen molar-refractivity contribution in [2.45, 2.75) is 19.5 Å². The van der Waals surface area contributed by atoms with Crippen LogP contribution in [0.5, 0.6) is 5.88 Å². The van der Waals surface area contributed by atoms with Gasteiger partial charge in [-0.15, -0.1) is 0 Å². The molecular weight excluding hydrogens is 272 g/mol. The van der Waals surface area contributed by atoms with E-state index in [4.69, 9.17) is 22.7 Å². The lowest BCUT2D eigenvalue weighted by Gasteiger charge is -2.37. The fraction of sp³-hybridized carbons (Fsp3) is 0.571. The molecule has 20 heavy (non-hydrogen) atoms. The van der Waals surface area contributed by atoms with E-state index >= 15 is 0 Å². The van der Waals surface area contributed by atoms with E-state index < -0.39 is 0 Å². The Hall–Kier alpha value is -1.24. The molecule has 1 aliphatic rings. The van der Waals surface area contributed by atoms with E-state index in [0.29, 0.717) is 10.9 Å². The first-order valence-electron chi connectivity index (χ1n) is 6.85. The Labute approximate surface area is 125 Å². The van der Waals surface area contributed by atoms with E-state index in [0.717, 1.165) is 38.3 Å². The SMILES string of the molecule is COc1ncccc1CN1CCN(C(C)C(N)=S)CC1. The molecule has 2 rings (SSSR count). The summed E-state index contributed by atoms with van der Waals surface area (Å²) in [6, 6.07) is 4.19. The number of pyridine rings is 1. The molecular formula is C14H22N4OS. The molecule has 2 heterocycles. The van der Waals surface area contributed by atoms with Gasteiger partial charge in [0.25, 0.3) is 0 Å². The van der Waals surface area contributed by atoms with Crippen LogP contribution in [-0.4, -0.2) is 59.1 Å². The summed E-state index contributed by atoms with van der Waals surface area (Å²) in [4.78, 5) is 9.55. The average Bonchev–Trinajstić information content (AvgIpc) is 2.48. The Balaban J connectivity index is 1.90. The minimum atomic E-state index is 0.181. The summed E-state index contributed by atoms with van der Waals surface area (Å²) >= 11 is 5.06. The van der Waals surface area contributed by atoms with Crippen molar-refractivity contribution < 1.29 is 4.74 Å². The van der Waals surface area contributed by atoms with Gasteiger partial charge in [-0.1, -0.05) is 18.3 Å². The second-order valence-corrected chi connectivity index (χ2v) is 5.53. The molecule has 110 valence electrons. The average molecular weight is 294 g/mol.